The number of nitrogens with zero attached hydrogens (tertiary/aromatic N) is 4. The van der Waals surface area contributed by atoms with Gasteiger partial charge in [0.1, 0.15) is 12.0 Å². The Morgan fingerprint density at radius 3 is 3.05 bits per heavy atom. The third-order valence-electron chi connectivity index (χ3n) is 3.94. The van der Waals surface area contributed by atoms with Crippen molar-refractivity contribution in [3.05, 3.63) is 53.9 Å². The quantitative estimate of drug-likeness (QED) is 0.929. The standard InChI is InChI=1S/C16H18N4O2/c21-16(22)15-5-1-4-13(19-15)10-20-8-2-3-12(9-20)14-6-7-17-11-18-14/h1,4-7,11-12H,2-3,8-10H2,(H,21,22)/t12-/m0/s1. The molecule has 0 unspecified atom stereocenters. The van der Waals surface area contributed by atoms with Gasteiger partial charge in [0.05, 0.1) is 5.69 Å². The van der Waals surface area contributed by atoms with Crippen LogP contribution < -0.4 is 0 Å². The van der Waals surface area contributed by atoms with E-state index >= 15 is 0 Å². The summed E-state index contributed by atoms with van der Waals surface area (Å²) in [5, 5.41) is 9.02. The molecule has 1 N–H and O–H groups in total. The molecule has 1 saturated heterocycles. The van der Waals surface area contributed by atoms with Gasteiger partial charge in [-0.25, -0.2) is 19.7 Å². The van der Waals surface area contributed by atoms with Gasteiger partial charge in [-0.05, 0) is 37.6 Å². The Labute approximate surface area is 128 Å². The lowest BCUT2D eigenvalue weighted by Gasteiger charge is -2.32. The lowest BCUT2D eigenvalue weighted by atomic mass is 9.94. The summed E-state index contributed by atoms with van der Waals surface area (Å²) in [7, 11) is 0. The van der Waals surface area contributed by atoms with Crippen molar-refractivity contribution in [3.8, 4) is 0 Å². The van der Waals surface area contributed by atoms with Crippen LogP contribution in [0.2, 0.25) is 0 Å². The third kappa shape index (κ3) is 3.46. The van der Waals surface area contributed by atoms with Gasteiger partial charge in [-0.2, -0.15) is 0 Å². The molecule has 2 aromatic heterocycles. The number of carbonyl (C=O) groups is 1. The number of likely N-dealkylation sites (tertiary alicyclic amines) is 1. The monoisotopic (exact) mass is 298 g/mol. The number of aromatic nitrogens is 3. The molecule has 0 spiro atoms. The second-order valence-electron chi connectivity index (χ2n) is 5.53. The normalized spacial score (nSPS) is 19.0. The SMILES string of the molecule is O=C(O)c1cccc(CN2CCC[C@H](c3ccncn3)C2)n1. The molecular formula is C16H18N4O2. The number of carboxylic acids is 1. The van der Waals surface area contributed by atoms with Crippen molar-refractivity contribution >= 4 is 5.97 Å². The summed E-state index contributed by atoms with van der Waals surface area (Å²) in [5.41, 5.74) is 1.97. The Morgan fingerprint density at radius 1 is 1.36 bits per heavy atom. The Kier molecular flexibility index (Phi) is 4.39. The molecule has 3 rings (SSSR count). The van der Waals surface area contributed by atoms with Crippen LogP contribution in [-0.4, -0.2) is 44.0 Å². The van der Waals surface area contributed by atoms with Crippen molar-refractivity contribution in [2.45, 2.75) is 25.3 Å². The van der Waals surface area contributed by atoms with Crippen LogP contribution in [0.15, 0.2) is 36.8 Å². The highest BCUT2D eigenvalue weighted by Gasteiger charge is 2.22. The Hall–Kier alpha value is -2.34. The van der Waals surface area contributed by atoms with Gasteiger partial charge >= 0.3 is 5.97 Å². The van der Waals surface area contributed by atoms with Crippen LogP contribution in [0.3, 0.4) is 0 Å². The van der Waals surface area contributed by atoms with E-state index in [1.807, 2.05) is 12.1 Å². The molecule has 3 heterocycles. The maximum atomic E-state index is 11.0. The van der Waals surface area contributed by atoms with Crippen LogP contribution >= 0.6 is 0 Å². The number of carboxylic acid groups (broad SMARTS) is 1. The molecule has 6 nitrogen and oxygen atoms in total. The molecule has 6 heteroatoms. The van der Waals surface area contributed by atoms with Gasteiger partial charge in [0.25, 0.3) is 0 Å². The second kappa shape index (κ2) is 6.62. The predicted octanol–water partition coefficient (Wildman–Crippen LogP) is 1.95. The first kappa shape index (κ1) is 14.6. The maximum absolute atomic E-state index is 11.0. The van der Waals surface area contributed by atoms with Gasteiger partial charge < -0.3 is 5.11 Å². The smallest absolute Gasteiger partial charge is 0.354 e. The first-order chi connectivity index (χ1) is 10.7. The van der Waals surface area contributed by atoms with Gasteiger partial charge in [0.15, 0.2) is 0 Å². The molecule has 1 aliphatic rings. The van der Waals surface area contributed by atoms with Crippen molar-refractivity contribution in [1.82, 2.24) is 19.9 Å². The third-order valence-corrected chi connectivity index (χ3v) is 3.94. The predicted molar refractivity (Wildman–Crippen MR) is 80.5 cm³/mol. The summed E-state index contributed by atoms with van der Waals surface area (Å²) in [6.07, 6.45) is 5.59. The minimum Gasteiger partial charge on any atom is -0.477 e. The molecule has 0 aliphatic carbocycles. The van der Waals surface area contributed by atoms with E-state index in [4.69, 9.17) is 5.11 Å². The lowest BCUT2D eigenvalue weighted by molar-refractivity contribution is 0.0689. The van der Waals surface area contributed by atoms with Crippen LogP contribution in [0.1, 0.15) is 40.6 Å². The van der Waals surface area contributed by atoms with Crippen molar-refractivity contribution in [3.63, 3.8) is 0 Å². The fraction of sp³-hybridized carbons (Fsp3) is 0.375. The van der Waals surface area contributed by atoms with E-state index in [1.165, 1.54) is 6.07 Å². The highest BCUT2D eigenvalue weighted by Crippen LogP contribution is 2.25. The van der Waals surface area contributed by atoms with Crippen molar-refractivity contribution < 1.29 is 9.90 Å². The largest absolute Gasteiger partial charge is 0.477 e. The number of hydrogen-bond acceptors (Lipinski definition) is 5. The Morgan fingerprint density at radius 2 is 2.27 bits per heavy atom. The Bertz CT molecular complexity index is 648. The van der Waals surface area contributed by atoms with E-state index < -0.39 is 5.97 Å². The number of hydrogen-bond donors (Lipinski definition) is 1. The van der Waals surface area contributed by atoms with Crippen molar-refractivity contribution in [1.29, 1.82) is 0 Å². The molecule has 0 aromatic carbocycles. The summed E-state index contributed by atoms with van der Waals surface area (Å²) in [6, 6.07) is 7.11. The molecule has 114 valence electrons. The van der Waals surface area contributed by atoms with E-state index in [0.717, 1.165) is 37.3 Å². The number of pyridine rings is 1. The van der Waals surface area contributed by atoms with Crippen LogP contribution in [0, 0.1) is 0 Å². The summed E-state index contributed by atoms with van der Waals surface area (Å²) in [6.45, 7) is 2.58. The molecule has 22 heavy (non-hydrogen) atoms. The van der Waals surface area contributed by atoms with Crippen molar-refractivity contribution in [2.75, 3.05) is 13.1 Å². The average molecular weight is 298 g/mol. The zero-order chi connectivity index (χ0) is 15.4. The lowest BCUT2D eigenvalue weighted by Crippen LogP contribution is -2.34. The molecule has 1 fully saturated rings. The molecular weight excluding hydrogens is 280 g/mol. The van der Waals surface area contributed by atoms with Crippen LogP contribution in [0.5, 0.6) is 0 Å². The Balaban J connectivity index is 1.68. The van der Waals surface area contributed by atoms with Gasteiger partial charge in [0, 0.05) is 30.9 Å². The highest BCUT2D eigenvalue weighted by molar-refractivity contribution is 5.85. The second-order valence-corrected chi connectivity index (χ2v) is 5.53. The fourth-order valence-electron chi connectivity index (χ4n) is 2.90. The molecule has 0 saturated carbocycles. The van der Waals surface area contributed by atoms with E-state index in [1.54, 1.807) is 18.6 Å². The number of aromatic carboxylic acids is 1. The molecule has 1 aliphatic heterocycles. The molecule has 1 atom stereocenters. The van der Waals surface area contributed by atoms with E-state index in [-0.39, 0.29) is 5.69 Å². The van der Waals surface area contributed by atoms with E-state index in [0.29, 0.717) is 12.5 Å². The van der Waals surface area contributed by atoms with Crippen LogP contribution in [0.25, 0.3) is 0 Å². The fourth-order valence-corrected chi connectivity index (χ4v) is 2.90. The highest BCUT2D eigenvalue weighted by atomic mass is 16.4. The van der Waals surface area contributed by atoms with Gasteiger partial charge in [0.2, 0.25) is 0 Å². The maximum Gasteiger partial charge on any atom is 0.354 e. The summed E-state index contributed by atoms with van der Waals surface area (Å²) in [5.74, 6) is -0.584. The molecule has 0 amide bonds. The summed E-state index contributed by atoms with van der Waals surface area (Å²) >= 11 is 0. The number of piperidine rings is 1. The van der Waals surface area contributed by atoms with Crippen LogP contribution in [-0.2, 0) is 6.54 Å². The molecule has 2 aromatic rings. The van der Waals surface area contributed by atoms with Crippen LogP contribution in [0.4, 0.5) is 0 Å². The molecule has 0 bridgehead atoms. The number of rotatable bonds is 4. The first-order valence-corrected chi connectivity index (χ1v) is 7.40. The topological polar surface area (TPSA) is 79.2 Å². The minimum absolute atomic E-state index is 0.0989. The van der Waals surface area contributed by atoms with Gasteiger partial charge in [-0.3, -0.25) is 4.90 Å². The minimum atomic E-state index is -0.987. The molecule has 0 radical (unpaired) electrons. The summed E-state index contributed by atoms with van der Waals surface area (Å²) in [4.78, 5) is 25.8. The zero-order valence-corrected chi connectivity index (χ0v) is 12.2. The zero-order valence-electron chi connectivity index (χ0n) is 12.2. The first-order valence-electron chi connectivity index (χ1n) is 7.40. The average Bonchev–Trinajstić information content (AvgIpc) is 2.56. The van der Waals surface area contributed by atoms with E-state index in [2.05, 4.69) is 19.9 Å². The summed E-state index contributed by atoms with van der Waals surface area (Å²) < 4.78 is 0. The van der Waals surface area contributed by atoms with E-state index in [9.17, 15) is 4.79 Å². The van der Waals surface area contributed by atoms with Gasteiger partial charge in [-0.15, -0.1) is 0 Å². The van der Waals surface area contributed by atoms with Crippen molar-refractivity contribution in [2.24, 2.45) is 0 Å². The van der Waals surface area contributed by atoms with Gasteiger partial charge in [-0.1, -0.05) is 6.07 Å².